The first-order valence-corrected chi connectivity index (χ1v) is 39.3. The summed E-state index contributed by atoms with van der Waals surface area (Å²) in [5.41, 5.74) is 0. The smallest absolute Gasteiger partial charge is 0.306 e. The summed E-state index contributed by atoms with van der Waals surface area (Å²) in [7, 11) is 0. The molecule has 1 saturated heterocycles. The Balaban J connectivity index is 2.49. The van der Waals surface area contributed by atoms with Crippen LogP contribution >= 0.6 is 0 Å². The molecule has 0 aromatic heterocycles. The largest absolute Gasteiger partial charge is 0.454 e. The van der Waals surface area contributed by atoms with Crippen LogP contribution in [0.15, 0.2) is 36.5 Å². The second-order valence-electron chi connectivity index (χ2n) is 27.5. The van der Waals surface area contributed by atoms with E-state index in [0.717, 1.165) is 64.2 Å². The molecule has 1 rings (SSSR count). The second kappa shape index (κ2) is 66.9. The summed E-state index contributed by atoms with van der Waals surface area (Å²) in [6.07, 6.45) is 73.4. The Morgan fingerprint density at radius 3 is 1.16 bits per heavy atom. The molecule has 0 saturated carbocycles. The number of aliphatic hydroxyl groups is 5. The topological polar surface area (TPSA) is 175 Å². The molecule has 1 aliphatic heterocycles. The first-order chi connectivity index (χ1) is 44.2. The fourth-order valence-electron chi connectivity index (χ4n) is 12.6. The van der Waals surface area contributed by atoms with Gasteiger partial charge in [0, 0.05) is 6.42 Å². The highest BCUT2D eigenvalue weighted by molar-refractivity contribution is 5.80. The molecule has 0 radical (unpaired) electrons. The lowest BCUT2D eigenvalue weighted by atomic mass is 9.99. The van der Waals surface area contributed by atoms with E-state index in [-0.39, 0.29) is 13.0 Å². The van der Waals surface area contributed by atoms with Gasteiger partial charge in [-0.1, -0.05) is 365 Å². The Bertz CT molecular complexity index is 1610. The summed E-state index contributed by atoms with van der Waals surface area (Å²) in [5.74, 6) is -1.17. The normalized spacial score (nSPS) is 18.2. The number of ether oxygens (including phenoxy) is 3. The number of aliphatic hydroxyl groups excluding tert-OH is 5. The van der Waals surface area contributed by atoms with E-state index in [0.29, 0.717) is 19.3 Å². The van der Waals surface area contributed by atoms with E-state index in [1.807, 2.05) is 6.08 Å². The lowest BCUT2D eigenvalue weighted by Crippen LogP contribution is -2.61. The van der Waals surface area contributed by atoms with Gasteiger partial charge in [0.25, 0.3) is 0 Å². The zero-order chi connectivity index (χ0) is 65.3. The van der Waals surface area contributed by atoms with E-state index in [4.69, 9.17) is 14.2 Å². The van der Waals surface area contributed by atoms with Crippen molar-refractivity contribution >= 4 is 11.9 Å². The minimum Gasteiger partial charge on any atom is -0.454 e. The molecule has 1 amide bonds. The highest BCUT2D eigenvalue weighted by Crippen LogP contribution is 2.27. The number of unbranched alkanes of at least 4 members (excludes halogenated alkanes) is 51. The quantitative estimate of drug-likeness (QED) is 0.0195. The van der Waals surface area contributed by atoms with Crippen molar-refractivity contribution in [3.8, 4) is 0 Å². The standard InChI is InChI=1S/C79H149NO10/c1-4-7-10-13-16-19-22-25-27-29-31-33-35-37-39-41-43-45-47-49-52-55-58-61-64-67-74(84)90-77-76(86)75(85)73(68-81)89-79(77)88-69-70(71(82)65-62-59-56-53-50-24-21-18-15-12-9-6-3)80-78(87)72(83)66-63-60-57-54-51-48-46-44-42-40-38-36-34-32-30-28-26-23-20-17-14-11-8-5-2/h17,20,26,28,62,65,70-73,75-77,79,81-83,85-86H,4-16,18-19,21-25,27,29-61,63-64,66-69H2,1-3H3,(H,80,87)/b20-17-,28-26-,65-62+. The molecule has 0 aliphatic carbocycles. The highest BCUT2D eigenvalue weighted by atomic mass is 16.7. The van der Waals surface area contributed by atoms with E-state index in [1.165, 1.54) is 283 Å². The molecule has 0 spiro atoms. The molecule has 530 valence electrons. The van der Waals surface area contributed by atoms with Gasteiger partial charge < -0.3 is 45.1 Å². The summed E-state index contributed by atoms with van der Waals surface area (Å²) in [6, 6.07) is -1.02. The van der Waals surface area contributed by atoms with E-state index in [9.17, 15) is 35.1 Å². The number of carbonyl (C=O) groups is 2. The van der Waals surface area contributed by atoms with Crippen molar-refractivity contribution in [2.75, 3.05) is 13.2 Å². The summed E-state index contributed by atoms with van der Waals surface area (Å²) >= 11 is 0. The van der Waals surface area contributed by atoms with Gasteiger partial charge in [-0.3, -0.25) is 9.59 Å². The van der Waals surface area contributed by atoms with Crippen molar-refractivity contribution in [3.63, 3.8) is 0 Å². The number of hydrogen-bond acceptors (Lipinski definition) is 10. The molecule has 11 heteroatoms. The molecule has 8 atom stereocenters. The zero-order valence-corrected chi connectivity index (χ0v) is 59.3. The van der Waals surface area contributed by atoms with Crippen molar-refractivity contribution in [2.45, 2.75) is 442 Å². The minimum atomic E-state index is -1.61. The summed E-state index contributed by atoms with van der Waals surface area (Å²) in [4.78, 5) is 26.8. The maximum absolute atomic E-state index is 13.5. The van der Waals surface area contributed by atoms with Crippen molar-refractivity contribution in [1.82, 2.24) is 5.32 Å². The summed E-state index contributed by atoms with van der Waals surface area (Å²) in [5, 5.41) is 57.4. The molecule has 6 N–H and O–H groups in total. The monoisotopic (exact) mass is 1270 g/mol. The van der Waals surface area contributed by atoms with Crippen LogP contribution in [0, 0.1) is 0 Å². The van der Waals surface area contributed by atoms with Crippen molar-refractivity contribution in [3.05, 3.63) is 36.5 Å². The maximum atomic E-state index is 13.5. The third-order valence-corrected chi connectivity index (χ3v) is 18.8. The molecule has 8 unspecified atom stereocenters. The van der Waals surface area contributed by atoms with Crippen LogP contribution in [0.5, 0.6) is 0 Å². The third kappa shape index (κ3) is 53.2. The molecule has 1 heterocycles. The number of hydrogen-bond donors (Lipinski definition) is 6. The molecule has 1 aliphatic rings. The number of allylic oxidation sites excluding steroid dienone is 5. The summed E-state index contributed by atoms with van der Waals surface area (Å²) in [6.45, 7) is 5.84. The predicted molar refractivity (Wildman–Crippen MR) is 380 cm³/mol. The van der Waals surface area contributed by atoms with Gasteiger partial charge in [-0.25, -0.2) is 0 Å². The second-order valence-corrected chi connectivity index (χ2v) is 27.5. The minimum absolute atomic E-state index is 0.130. The van der Waals surface area contributed by atoms with Crippen molar-refractivity contribution in [2.24, 2.45) is 0 Å². The molecule has 0 aromatic carbocycles. The van der Waals surface area contributed by atoms with Crippen LogP contribution in [0.4, 0.5) is 0 Å². The Morgan fingerprint density at radius 1 is 0.433 bits per heavy atom. The van der Waals surface area contributed by atoms with Crippen molar-refractivity contribution < 1.29 is 49.3 Å². The molecule has 11 nitrogen and oxygen atoms in total. The lowest BCUT2D eigenvalue weighted by Gasteiger charge is -2.41. The molecule has 0 bridgehead atoms. The van der Waals surface area contributed by atoms with E-state index >= 15 is 0 Å². The lowest BCUT2D eigenvalue weighted by molar-refractivity contribution is -0.305. The van der Waals surface area contributed by atoms with Crippen LogP contribution in [-0.2, 0) is 23.8 Å². The zero-order valence-electron chi connectivity index (χ0n) is 59.3. The van der Waals surface area contributed by atoms with Crippen molar-refractivity contribution in [1.29, 1.82) is 0 Å². The molecule has 0 aromatic rings. The average Bonchev–Trinajstić information content (AvgIpc) is 2.18. The number of nitrogens with one attached hydrogen (secondary N) is 1. The van der Waals surface area contributed by atoms with Crippen LogP contribution in [0.3, 0.4) is 0 Å². The van der Waals surface area contributed by atoms with Gasteiger partial charge in [-0.15, -0.1) is 0 Å². The fraction of sp³-hybridized carbons (Fsp3) is 0.899. The fourth-order valence-corrected chi connectivity index (χ4v) is 12.6. The van der Waals surface area contributed by atoms with E-state index < -0.39 is 67.4 Å². The van der Waals surface area contributed by atoms with Gasteiger partial charge in [0.1, 0.15) is 24.4 Å². The first kappa shape index (κ1) is 85.9. The molecule has 1 fully saturated rings. The van der Waals surface area contributed by atoms with Gasteiger partial charge in [-0.05, 0) is 57.8 Å². The molecule has 90 heavy (non-hydrogen) atoms. The van der Waals surface area contributed by atoms with Gasteiger partial charge in [-0.2, -0.15) is 0 Å². The number of rotatable bonds is 69. The van der Waals surface area contributed by atoms with E-state index in [2.05, 4.69) is 50.4 Å². The Hall–Kier alpha value is -2.12. The number of amides is 1. The number of esters is 1. The van der Waals surface area contributed by atoms with Gasteiger partial charge in [0.2, 0.25) is 5.91 Å². The van der Waals surface area contributed by atoms with Gasteiger partial charge in [0.15, 0.2) is 12.4 Å². The third-order valence-electron chi connectivity index (χ3n) is 18.8. The van der Waals surface area contributed by atoms with Crippen LogP contribution in [0.2, 0.25) is 0 Å². The van der Waals surface area contributed by atoms with Gasteiger partial charge in [0.05, 0.1) is 25.4 Å². The van der Waals surface area contributed by atoms with Crippen LogP contribution in [0.1, 0.15) is 393 Å². The number of carbonyl (C=O) groups excluding carboxylic acids is 2. The Labute approximate surface area is 555 Å². The SMILES string of the molecule is CCCCC/C=C\C/C=C\CCCCCCCCCCCCCCCCC(O)C(=O)NC(COC1OC(CO)C(O)C(O)C1OC(=O)CCCCCCCCCCCCCCCCCCCCCCCCCCC)C(O)/C=C/CCCCCCCCCCCC. The van der Waals surface area contributed by atoms with E-state index in [1.54, 1.807) is 6.08 Å². The Morgan fingerprint density at radius 2 is 0.767 bits per heavy atom. The van der Waals surface area contributed by atoms with Crippen LogP contribution in [-0.4, -0.2) is 99.6 Å². The van der Waals surface area contributed by atoms with Crippen LogP contribution in [0.25, 0.3) is 0 Å². The van der Waals surface area contributed by atoms with Crippen LogP contribution < -0.4 is 5.32 Å². The Kier molecular flexibility index (Phi) is 63.8. The maximum Gasteiger partial charge on any atom is 0.306 e. The molecular weight excluding hydrogens is 1120 g/mol. The predicted octanol–water partition coefficient (Wildman–Crippen LogP) is 20.9. The summed E-state index contributed by atoms with van der Waals surface area (Å²) < 4.78 is 17.8. The first-order valence-electron chi connectivity index (χ1n) is 39.3. The highest BCUT2D eigenvalue weighted by Gasteiger charge is 2.47. The average molecular weight is 1270 g/mol. The van der Waals surface area contributed by atoms with Gasteiger partial charge >= 0.3 is 5.97 Å². The molecular formula is C79H149NO10.